The number of urea groups is 1. The number of fused-ring (bicyclic) bond motifs is 1. The second-order valence-electron chi connectivity index (χ2n) is 6.93. The van der Waals surface area contributed by atoms with Gasteiger partial charge in [-0.25, -0.2) is 14.5 Å². The third kappa shape index (κ3) is 3.81. The molecule has 2 heterocycles. The fourth-order valence-electron chi connectivity index (χ4n) is 2.72. The Morgan fingerprint density at radius 2 is 2.08 bits per heavy atom. The number of nitrogens with one attached hydrogen (secondary N) is 2. The minimum absolute atomic E-state index is 0.202. The number of oxazole rings is 1. The summed E-state index contributed by atoms with van der Waals surface area (Å²) in [7, 11) is 0. The number of hydrogen-bond acceptors (Lipinski definition) is 4. The molecule has 25 heavy (non-hydrogen) atoms. The van der Waals surface area contributed by atoms with Crippen molar-refractivity contribution >= 4 is 22.9 Å². The first-order valence-electron chi connectivity index (χ1n) is 8.29. The standard InChI is InChI=1S/C18H23N5O2/c1-12-21-16-13(6-5-7-14(16)25-12)8-10-19-17(24)22-15-9-11-20-23(15)18(2,3)4/h5-7,9,11H,8,10H2,1-4H3,(H2,19,22,24). The first kappa shape index (κ1) is 17.0. The van der Waals surface area contributed by atoms with Crippen LogP contribution in [0.25, 0.3) is 11.1 Å². The predicted octanol–water partition coefficient (Wildman–Crippen LogP) is 3.45. The van der Waals surface area contributed by atoms with E-state index >= 15 is 0 Å². The van der Waals surface area contributed by atoms with Crippen LogP contribution in [-0.2, 0) is 12.0 Å². The highest BCUT2D eigenvalue weighted by molar-refractivity contribution is 5.88. The fraction of sp³-hybridized carbons (Fsp3) is 0.389. The van der Waals surface area contributed by atoms with Crippen molar-refractivity contribution in [3.05, 3.63) is 41.9 Å². The molecule has 1 aromatic carbocycles. The number of nitrogens with zero attached hydrogens (tertiary/aromatic N) is 3. The quantitative estimate of drug-likeness (QED) is 0.761. The summed E-state index contributed by atoms with van der Waals surface area (Å²) in [6, 6.07) is 7.36. The highest BCUT2D eigenvalue weighted by Crippen LogP contribution is 2.20. The summed E-state index contributed by atoms with van der Waals surface area (Å²) in [5.74, 6) is 1.31. The number of benzene rings is 1. The van der Waals surface area contributed by atoms with Crippen molar-refractivity contribution in [3.63, 3.8) is 0 Å². The molecule has 0 atom stereocenters. The maximum Gasteiger partial charge on any atom is 0.320 e. The third-order valence-electron chi connectivity index (χ3n) is 3.81. The number of hydrogen-bond donors (Lipinski definition) is 2. The summed E-state index contributed by atoms with van der Waals surface area (Å²) in [6.45, 7) is 8.42. The molecular weight excluding hydrogens is 318 g/mol. The number of anilines is 1. The predicted molar refractivity (Wildman–Crippen MR) is 96.7 cm³/mol. The van der Waals surface area contributed by atoms with E-state index in [1.807, 2.05) is 45.9 Å². The molecule has 2 aromatic heterocycles. The van der Waals surface area contributed by atoms with Crippen LogP contribution in [0.3, 0.4) is 0 Å². The molecule has 7 heteroatoms. The molecule has 3 aromatic rings. The Kier molecular flexibility index (Phi) is 4.48. The van der Waals surface area contributed by atoms with Gasteiger partial charge in [0, 0.05) is 19.5 Å². The Labute approximate surface area is 146 Å². The van der Waals surface area contributed by atoms with Gasteiger partial charge < -0.3 is 9.73 Å². The van der Waals surface area contributed by atoms with E-state index < -0.39 is 0 Å². The summed E-state index contributed by atoms with van der Waals surface area (Å²) >= 11 is 0. The number of carbonyl (C=O) groups is 1. The molecule has 0 saturated heterocycles. The van der Waals surface area contributed by atoms with Crippen molar-refractivity contribution in [1.29, 1.82) is 0 Å². The number of aryl methyl sites for hydroxylation is 1. The van der Waals surface area contributed by atoms with Gasteiger partial charge in [0.25, 0.3) is 0 Å². The zero-order chi connectivity index (χ0) is 18.0. The van der Waals surface area contributed by atoms with Gasteiger partial charge in [0.05, 0.1) is 11.7 Å². The monoisotopic (exact) mass is 341 g/mol. The number of amides is 2. The molecule has 0 unspecified atom stereocenters. The van der Waals surface area contributed by atoms with E-state index in [0.717, 1.165) is 16.7 Å². The van der Waals surface area contributed by atoms with Crippen molar-refractivity contribution in [1.82, 2.24) is 20.1 Å². The lowest BCUT2D eigenvalue weighted by atomic mass is 10.1. The molecule has 0 aliphatic heterocycles. The second-order valence-corrected chi connectivity index (χ2v) is 6.93. The maximum atomic E-state index is 12.2. The van der Waals surface area contributed by atoms with E-state index in [4.69, 9.17) is 4.42 Å². The first-order valence-corrected chi connectivity index (χ1v) is 8.29. The maximum absolute atomic E-state index is 12.2. The SMILES string of the molecule is Cc1nc2c(CCNC(=O)Nc3ccnn3C(C)(C)C)cccc2o1. The normalized spacial score (nSPS) is 11.7. The van der Waals surface area contributed by atoms with Crippen LogP contribution in [0.5, 0.6) is 0 Å². The molecule has 0 radical (unpaired) electrons. The minimum Gasteiger partial charge on any atom is -0.441 e. The van der Waals surface area contributed by atoms with Crippen molar-refractivity contribution in [3.8, 4) is 0 Å². The van der Waals surface area contributed by atoms with Crippen LogP contribution in [0.1, 0.15) is 32.2 Å². The van der Waals surface area contributed by atoms with Gasteiger partial charge in [-0.1, -0.05) is 12.1 Å². The number of rotatable bonds is 4. The Morgan fingerprint density at radius 1 is 1.28 bits per heavy atom. The molecule has 0 saturated carbocycles. The molecule has 0 fully saturated rings. The topological polar surface area (TPSA) is 85.0 Å². The lowest BCUT2D eigenvalue weighted by molar-refractivity contribution is 0.251. The van der Waals surface area contributed by atoms with Gasteiger partial charge in [0.1, 0.15) is 11.3 Å². The highest BCUT2D eigenvalue weighted by Gasteiger charge is 2.18. The molecule has 0 spiro atoms. The van der Waals surface area contributed by atoms with E-state index in [0.29, 0.717) is 24.7 Å². The molecule has 7 nitrogen and oxygen atoms in total. The average molecular weight is 341 g/mol. The minimum atomic E-state index is -0.255. The van der Waals surface area contributed by atoms with Crippen molar-refractivity contribution in [2.45, 2.75) is 39.7 Å². The van der Waals surface area contributed by atoms with Gasteiger partial charge in [-0.3, -0.25) is 5.32 Å². The Hall–Kier alpha value is -2.83. The van der Waals surface area contributed by atoms with Crippen LogP contribution >= 0.6 is 0 Å². The van der Waals surface area contributed by atoms with Crippen LogP contribution in [0.15, 0.2) is 34.9 Å². The smallest absolute Gasteiger partial charge is 0.320 e. The van der Waals surface area contributed by atoms with Crippen molar-refractivity contribution in [2.24, 2.45) is 0 Å². The average Bonchev–Trinajstić information content (AvgIpc) is 3.12. The zero-order valence-corrected chi connectivity index (χ0v) is 15.0. The Morgan fingerprint density at radius 3 is 2.84 bits per heavy atom. The third-order valence-corrected chi connectivity index (χ3v) is 3.81. The molecule has 0 bridgehead atoms. The van der Waals surface area contributed by atoms with E-state index in [1.165, 1.54) is 0 Å². The zero-order valence-electron chi connectivity index (χ0n) is 15.0. The molecule has 132 valence electrons. The van der Waals surface area contributed by atoms with Gasteiger partial charge in [0.15, 0.2) is 11.5 Å². The Balaban J connectivity index is 1.59. The van der Waals surface area contributed by atoms with Crippen LogP contribution in [0, 0.1) is 6.92 Å². The summed E-state index contributed by atoms with van der Waals surface area (Å²) < 4.78 is 7.31. The molecule has 0 aliphatic rings. The van der Waals surface area contributed by atoms with Crippen molar-refractivity contribution < 1.29 is 9.21 Å². The van der Waals surface area contributed by atoms with E-state index in [-0.39, 0.29) is 11.6 Å². The van der Waals surface area contributed by atoms with Gasteiger partial charge in [-0.15, -0.1) is 0 Å². The summed E-state index contributed by atoms with van der Waals surface area (Å²) in [5.41, 5.74) is 2.47. The highest BCUT2D eigenvalue weighted by atomic mass is 16.3. The largest absolute Gasteiger partial charge is 0.441 e. The summed E-state index contributed by atoms with van der Waals surface area (Å²) in [6.07, 6.45) is 2.35. The lowest BCUT2D eigenvalue weighted by Gasteiger charge is -2.22. The van der Waals surface area contributed by atoms with Crippen LogP contribution in [0.2, 0.25) is 0 Å². The van der Waals surface area contributed by atoms with Crippen LogP contribution in [0.4, 0.5) is 10.6 Å². The fourth-order valence-corrected chi connectivity index (χ4v) is 2.72. The van der Waals surface area contributed by atoms with Crippen molar-refractivity contribution in [2.75, 3.05) is 11.9 Å². The lowest BCUT2D eigenvalue weighted by Crippen LogP contribution is -2.33. The summed E-state index contributed by atoms with van der Waals surface area (Å²) in [5, 5.41) is 9.97. The van der Waals surface area contributed by atoms with Gasteiger partial charge >= 0.3 is 6.03 Å². The number of para-hydroxylation sites is 1. The number of aromatic nitrogens is 3. The van der Waals surface area contributed by atoms with Gasteiger partial charge in [-0.2, -0.15) is 5.10 Å². The van der Waals surface area contributed by atoms with Gasteiger partial charge in [-0.05, 0) is 38.8 Å². The second kappa shape index (κ2) is 6.58. The Bertz CT molecular complexity index is 888. The molecule has 2 N–H and O–H groups in total. The molecule has 2 amide bonds. The molecule has 3 rings (SSSR count). The number of carbonyl (C=O) groups excluding carboxylic acids is 1. The molecular formula is C18H23N5O2. The van der Waals surface area contributed by atoms with Crippen LogP contribution < -0.4 is 10.6 Å². The van der Waals surface area contributed by atoms with E-state index in [2.05, 4.69) is 20.7 Å². The summed E-state index contributed by atoms with van der Waals surface area (Å²) in [4.78, 5) is 16.6. The van der Waals surface area contributed by atoms with E-state index in [1.54, 1.807) is 16.9 Å². The van der Waals surface area contributed by atoms with E-state index in [9.17, 15) is 4.79 Å². The first-order chi connectivity index (χ1) is 11.8. The molecule has 0 aliphatic carbocycles. The van der Waals surface area contributed by atoms with Crippen LogP contribution in [-0.4, -0.2) is 27.3 Å². The van der Waals surface area contributed by atoms with Gasteiger partial charge in [0.2, 0.25) is 0 Å².